The number of nitrogens with zero attached hydrogens (tertiary/aromatic N) is 2. The van der Waals surface area contributed by atoms with Crippen LogP contribution in [0.25, 0.3) is 0 Å². The molecule has 2 rings (SSSR count). The van der Waals surface area contributed by atoms with Crippen LogP contribution in [0, 0.1) is 0 Å². The van der Waals surface area contributed by atoms with Gasteiger partial charge in [0.05, 0.1) is 17.1 Å². The van der Waals surface area contributed by atoms with Crippen LogP contribution >= 0.6 is 11.6 Å². The highest BCUT2D eigenvalue weighted by atomic mass is 35.5. The summed E-state index contributed by atoms with van der Waals surface area (Å²) in [5, 5.41) is 26.1. The highest BCUT2D eigenvalue weighted by molar-refractivity contribution is 6.32. The maximum absolute atomic E-state index is 12.6. The molecule has 4 nitrogen and oxygen atoms in total. The second-order valence-corrected chi connectivity index (χ2v) is 4.78. The molecule has 0 unspecified atom stereocenters. The molecule has 2 N–H and O–H groups in total. The third kappa shape index (κ3) is 3.88. The van der Waals surface area contributed by atoms with Gasteiger partial charge in [-0.1, -0.05) is 11.6 Å². The number of alkyl halides is 3. The van der Waals surface area contributed by atoms with Gasteiger partial charge in [0, 0.05) is 11.6 Å². The fraction of sp³-hybridized carbons (Fsp3) is 0.143. The second-order valence-electron chi connectivity index (χ2n) is 4.38. The molecule has 0 saturated carbocycles. The molecule has 0 aliphatic rings. The molecule has 0 bridgehead atoms. The molecule has 2 aromatic rings. The number of phenols is 2. The first-order chi connectivity index (χ1) is 10.3. The van der Waals surface area contributed by atoms with Crippen molar-refractivity contribution >= 4 is 17.3 Å². The minimum absolute atomic E-state index is 0.0340. The smallest absolute Gasteiger partial charge is 0.416 e. The van der Waals surface area contributed by atoms with Crippen molar-refractivity contribution in [1.82, 2.24) is 0 Å². The van der Waals surface area contributed by atoms with Gasteiger partial charge < -0.3 is 10.2 Å². The van der Waals surface area contributed by atoms with E-state index < -0.39 is 11.7 Å². The Labute approximate surface area is 128 Å². The Morgan fingerprint density at radius 1 is 1.05 bits per heavy atom. The van der Waals surface area contributed by atoms with E-state index in [2.05, 4.69) is 10.2 Å². The van der Waals surface area contributed by atoms with Crippen molar-refractivity contribution in [3.05, 3.63) is 52.5 Å². The Morgan fingerprint density at radius 2 is 1.77 bits per heavy atom. The first kappa shape index (κ1) is 16.1. The van der Waals surface area contributed by atoms with E-state index in [1.54, 1.807) is 0 Å². The van der Waals surface area contributed by atoms with Crippen LogP contribution in [0.3, 0.4) is 0 Å². The minimum atomic E-state index is -4.50. The lowest BCUT2D eigenvalue weighted by Gasteiger charge is -2.07. The first-order valence-electron chi connectivity index (χ1n) is 6.02. The molecular formula is C14H10ClF3N2O2. The van der Waals surface area contributed by atoms with E-state index >= 15 is 0 Å². The van der Waals surface area contributed by atoms with Gasteiger partial charge in [0.2, 0.25) is 0 Å². The number of azo groups is 1. The van der Waals surface area contributed by atoms with Crippen LogP contribution in [0.2, 0.25) is 5.02 Å². The molecule has 0 aromatic heterocycles. The van der Waals surface area contributed by atoms with E-state index in [9.17, 15) is 18.3 Å². The summed E-state index contributed by atoms with van der Waals surface area (Å²) < 4.78 is 37.8. The molecule has 0 aliphatic heterocycles. The lowest BCUT2D eigenvalue weighted by Crippen LogP contribution is -2.03. The molecule has 2 aromatic carbocycles. The summed E-state index contributed by atoms with van der Waals surface area (Å²) in [6.45, 7) is -0.0707. The molecule has 0 saturated heterocycles. The Bertz CT molecular complexity index is 718. The highest BCUT2D eigenvalue weighted by Crippen LogP contribution is 2.35. The topological polar surface area (TPSA) is 65.2 Å². The zero-order valence-electron chi connectivity index (χ0n) is 11.0. The summed E-state index contributed by atoms with van der Waals surface area (Å²) in [7, 11) is 0. The van der Waals surface area contributed by atoms with Crippen LogP contribution in [0.1, 0.15) is 11.1 Å². The number of halogens is 4. The summed E-state index contributed by atoms with van der Waals surface area (Å²) in [5.74, 6) is -0.298. The quantitative estimate of drug-likeness (QED) is 0.773. The lowest BCUT2D eigenvalue weighted by molar-refractivity contribution is -0.137. The van der Waals surface area contributed by atoms with Crippen LogP contribution < -0.4 is 0 Å². The predicted octanol–water partition coefficient (Wildman–Crippen LogP) is 5.05. The van der Waals surface area contributed by atoms with E-state index in [1.807, 2.05) is 0 Å². The van der Waals surface area contributed by atoms with Crippen molar-refractivity contribution in [1.29, 1.82) is 0 Å². The third-order valence-electron chi connectivity index (χ3n) is 2.76. The average molecular weight is 331 g/mol. The van der Waals surface area contributed by atoms with Crippen LogP contribution in [0.4, 0.5) is 18.9 Å². The van der Waals surface area contributed by atoms with Gasteiger partial charge in [-0.25, -0.2) is 0 Å². The van der Waals surface area contributed by atoms with Crippen molar-refractivity contribution in [2.75, 3.05) is 0 Å². The maximum Gasteiger partial charge on any atom is 0.416 e. The number of phenolic OH excluding ortho intramolecular Hbond substituents is 2. The number of hydrogen-bond donors (Lipinski definition) is 2. The van der Waals surface area contributed by atoms with E-state index in [4.69, 9.17) is 16.7 Å². The Balaban J connectivity index is 2.19. The van der Waals surface area contributed by atoms with E-state index in [-0.39, 0.29) is 28.8 Å². The summed E-state index contributed by atoms with van der Waals surface area (Å²) >= 11 is 5.78. The van der Waals surface area contributed by atoms with Crippen molar-refractivity contribution in [2.24, 2.45) is 10.2 Å². The predicted molar refractivity (Wildman–Crippen MR) is 74.4 cm³/mol. The summed E-state index contributed by atoms with van der Waals surface area (Å²) in [5.41, 5.74) is -0.627. The van der Waals surface area contributed by atoms with Gasteiger partial charge in [-0.3, -0.25) is 0 Å². The number of aromatic hydroxyl groups is 2. The van der Waals surface area contributed by atoms with E-state index in [0.717, 1.165) is 24.3 Å². The van der Waals surface area contributed by atoms with Crippen molar-refractivity contribution < 1.29 is 23.4 Å². The van der Waals surface area contributed by atoms with Crippen molar-refractivity contribution in [2.45, 2.75) is 12.7 Å². The molecule has 0 aliphatic carbocycles. The summed E-state index contributed by atoms with van der Waals surface area (Å²) in [6, 6.07) is 6.65. The number of benzene rings is 2. The second kappa shape index (κ2) is 6.23. The highest BCUT2D eigenvalue weighted by Gasteiger charge is 2.30. The number of rotatable bonds is 3. The molecule has 22 heavy (non-hydrogen) atoms. The normalized spacial score (nSPS) is 12.0. The zero-order valence-corrected chi connectivity index (χ0v) is 11.7. The largest absolute Gasteiger partial charge is 0.508 e. The van der Waals surface area contributed by atoms with Gasteiger partial charge in [0.1, 0.15) is 17.2 Å². The fourth-order valence-electron chi connectivity index (χ4n) is 1.64. The summed E-state index contributed by atoms with van der Waals surface area (Å²) in [6.07, 6.45) is -4.50. The van der Waals surface area contributed by atoms with Crippen molar-refractivity contribution in [3.63, 3.8) is 0 Å². The van der Waals surface area contributed by atoms with E-state index in [0.29, 0.717) is 5.56 Å². The van der Waals surface area contributed by atoms with Gasteiger partial charge in [0.25, 0.3) is 0 Å². The Kier molecular flexibility index (Phi) is 4.56. The average Bonchev–Trinajstić information content (AvgIpc) is 2.42. The SMILES string of the molecule is Oc1ccc(CN=Nc2cc(C(F)(F)F)ccc2Cl)c(O)c1. The minimum Gasteiger partial charge on any atom is -0.508 e. The molecule has 0 spiro atoms. The fourth-order valence-corrected chi connectivity index (χ4v) is 1.79. The number of hydrogen-bond acceptors (Lipinski definition) is 4. The molecule has 8 heteroatoms. The maximum atomic E-state index is 12.6. The van der Waals surface area contributed by atoms with Gasteiger partial charge >= 0.3 is 6.18 Å². The van der Waals surface area contributed by atoms with Gasteiger partial charge in [-0.05, 0) is 30.3 Å². The van der Waals surface area contributed by atoms with E-state index in [1.165, 1.54) is 12.1 Å². The standard InChI is InChI=1S/C14H10ClF3N2O2/c15-11-4-2-9(14(16,17)18)5-12(11)20-19-7-8-1-3-10(21)6-13(8)22/h1-6,21-22H,7H2. The van der Waals surface area contributed by atoms with Crippen molar-refractivity contribution in [3.8, 4) is 11.5 Å². The third-order valence-corrected chi connectivity index (χ3v) is 3.08. The molecular weight excluding hydrogens is 321 g/mol. The van der Waals surface area contributed by atoms with Gasteiger partial charge in [0.15, 0.2) is 0 Å². The molecule has 116 valence electrons. The Morgan fingerprint density at radius 3 is 2.41 bits per heavy atom. The molecule has 0 fully saturated rings. The monoisotopic (exact) mass is 330 g/mol. The van der Waals surface area contributed by atoms with Crippen LogP contribution in [-0.2, 0) is 12.7 Å². The van der Waals surface area contributed by atoms with Crippen LogP contribution in [0.5, 0.6) is 11.5 Å². The summed E-state index contributed by atoms with van der Waals surface area (Å²) in [4.78, 5) is 0. The molecule has 0 radical (unpaired) electrons. The molecule has 0 atom stereocenters. The van der Waals surface area contributed by atoms with Crippen LogP contribution in [-0.4, -0.2) is 10.2 Å². The zero-order chi connectivity index (χ0) is 16.3. The lowest BCUT2D eigenvalue weighted by atomic mass is 10.2. The molecule has 0 amide bonds. The molecule has 0 heterocycles. The van der Waals surface area contributed by atoms with Gasteiger partial charge in [-0.15, -0.1) is 0 Å². The Hall–Kier alpha value is -2.28. The van der Waals surface area contributed by atoms with Gasteiger partial charge in [-0.2, -0.15) is 23.4 Å². The van der Waals surface area contributed by atoms with Crippen LogP contribution in [0.15, 0.2) is 46.6 Å². The first-order valence-corrected chi connectivity index (χ1v) is 6.40.